The Balaban J connectivity index is 2.23. The number of rotatable bonds is 4. The summed E-state index contributed by atoms with van der Waals surface area (Å²) in [6, 6.07) is 10.1. The van der Waals surface area contributed by atoms with Crippen molar-refractivity contribution in [3.8, 4) is 5.75 Å². The lowest BCUT2D eigenvalue weighted by atomic mass is 10.1. The standard InChI is InChI=1S/C19H22O3S/c1-12-7-6-8-18(23-19(20)21-5)16(12)11-22-17-10-14(3)13(2)9-15(17)4/h6-10H,11H2,1-5H3. The van der Waals surface area contributed by atoms with E-state index >= 15 is 0 Å². The van der Waals surface area contributed by atoms with Crippen molar-refractivity contribution < 1.29 is 14.3 Å². The zero-order valence-corrected chi connectivity index (χ0v) is 15.0. The number of ether oxygens (including phenoxy) is 2. The molecule has 0 aliphatic rings. The Bertz CT molecular complexity index is 723. The third-order valence-corrected chi connectivity index (χ3v) is 4.83. The SMILES string of the molecule is COC(=O)Sc1cccc(C)c1COc1cc(C)c(C)cc1C. The van der Waals surface area contributed by atoms with Gasteiger partial charge in [0.1, 0.15) is 12.4 Å². The van der Waals surface area contributed by atoms with Gasteiger partial charge in [-0.2, -0.15) is 0 Å². The lowest BCUT2D eigenvalue weighted by Crippen LogP contribution is -2.03. The summed E-state index contributed by atoms with van der Waals surface area (Å²) in [6.07, 6.45) is 0. The number of carbonyl (C=O) groups excluding carboxylic acids is 1. The number of carbonyl (C=O) groups is 1. The van der Waals surface area contributed by atoms with Crippen LogP contribution in [0.4, 0.5) is 4.79 Å². The van der Waals surface area contributed by atoms with Crippen LogP contribution in [0.3, 0.4) is 0 Å². The van der Waals surface area contributed by atoms with Crippen LogP contribution in [0.5, 0.6) is 5.75 Å². The molecule has 0 bridgehead atoms. The summed E-state index contributed by atoms with van der Waals surface area (Å²) in [6.45, 7) is 8.67. The molecule has 2 rings (SSSR count). The Kier molecular flexibility index (Phi) is 5.72. The second-order valence-corrected chi connectivity index (χ2v) is 6.58. The molecule has 0 fully saturated rings. The van der Waals surface area contributed by atoms with E-state index in [1.807, 2.05) is 32.0 Å². The van der Waals surface area contributed by atoms with Crippen LogP contribution in [0, 0.1) is 27.7 Å². The van der Waals surface area contributed by atoms with Gasteiger partial charge < -0.3 is 9.47 Å². The van der Waals surface area contributed by atoms with Crippen molar-refractivity contribution in [3.63, 3.8) is 0 Å². The number of thioether (sulfide) groups is 1. The average molecular weight is 330 g/mol. The first-order valence-electron chi connectivity index (χ1n) is 7.47. The first-order chi connectivity index (χ1) is 10.9. The first kappa shape index (κ1) is 17.4. The smallest absolute Gasteiger partial charge is 0.371 e. The van der Waals surface area contributed by atoms with Crippen LogP contribution >= 0.6 is 11.8 Å². The van der Waals surface area contributed by atoms with Gasteiger partial charge in [-0.05, 0) is 73.8 Å². The Morgan fingerprint density at radius 3 is 2.39 bits per heavy atom. The Labute approximate surface area is 142 Å². The molecule has 0 amide bonds. The molecule has 0 spiro atoms. The minimum atomic E-state index is -0.320. The molecule has 0 aromatic heterocycles. The van der Waals surface area contributed by atoms with Gasteiger partial charge in [-0.3, -0.25) is 0 Å². The van der Waals surface area contributed by atoms with E-state index in [1.54, 1.807) is 0 Å². The van der Waals surface area contributed by atoms with Crippen LogP contribution in [0.2, 0.25) is 0 Å². The van der Waals surface area contributed by atoms with Crippen molar-refractivity contribution in [2.75, 3.05) is 7.11 Å². The van der Waals surface area contributed by atoms with Gasteiger partial charge in [0.25, 0.3) is 0 Å². The molecule has 2 aromatic rings. The van der Waals surface area contributed by atoms with Gasteiger partial charge in [-0.15, -0.1) is 0 Å². The average Bonchev–Trinajstić information content (AvgIpc) is 2.51. The van der Waals surface area contributed by atoms with E-state index < -0.39 is 0 Å². The number of hydrogen-bond acceptors (Lipinski definition) is 4. The van der Waals surface area contributed by atoms with E-state index in [0.717, 1.165) is 39.1 Å². The van der Waals surface area contributed by atoms with Gasteiger partial charge in [-0.25, -0.2) is 4.79 Å². The minimum absolute atomic E-state index is 0.320. The first-order valence-corrected chi connectivity index (χ1v) is 8.29. The predicted molar refractivity (Wildman–Crippen MR) is 94.4 cm³/mol. The largest absolute Gasteiger partial charge is 0.489 e. The van der Waals surface area contributed by atoms with Crippen LogP contribution in [-0.4, -0.2) is 12.4 Å². The topological polar surface area (TPSA) is 35.5 Å². The fourth-order valence-electron chi connectivity index (χ4n) is 2.33. The lowest BCUT2D eigenvalue weighted by molar-refractivity contribution is 0.200. The van der Waals surface area contributed by atoms with Crippen molar-refractivity contribution in [2.45, 2.75) is 39.2 Å². The van der Waals surface area contributed by atoms with E-state index in [4.69, 9.17) is 9.47 Å². The van der Waals surface area contributed by atoms with Gasteiger partial charge in [0.2, 0.25) is 0 Å². The van der Waals surface area contributed by atoms with Crippen molar-refractivity contribution in [1.82, 2.24) is 0 Å². The van der Waals surface area contributed by atoms with E-state index in [2.05, 4.69) is 26.0 Å². The van der Waals surface area contributed by atoms with E-state index in [9.17, 15) is 4.79 Å². The molecule has 0 atom stereocenters. The van der Waals surface area contributed by atoms with Crippen LogP contribution < -0.4 is 4.74 Å². The molecule has 122 valence electrons. The zero-order valence-electron chi connectivity index (χ0n) is 14.2. The lowest BCUT2D eigenvalue weighted by Gasteiger charge is -2.15. The summed E-state index contributed by atoms with van der Waals surface area (Å²) in [5.74, 6) is 0.880. The van der Waals surface area contributed by atoms with Crippen molar-refractivity contribution in [1.29, 1.82) is 0 Å². The molecule has 0 saturated heterocycles. The number of methoxy groups -OCH3 is 1. The van der Waals surface area contributed by atoms with Crippen LogP contribution in [0.1, 0.15) is 27.8 Å². The summed E-state index contributed by atoms with van der Waals surface area (Å²) in [4.78, 5) is 12.4. The van der Waals surface area contributed by atoms with E-state index in [0.29, 0.717) is 6.61 Å². The monoisotopic (exact) mass is 330 g/mol. The summed E-state index contributed by atoms with van der Waals surface area (Å²) < 4.78 is 10.8. The normalized spacial score (nSPS) is 10.5. The zero-order chi connectivity index (χ0) is 17.0. The second kappa shape index (κ2) is 7.55. The third kappa shape index (κ3) is 4.29. The summed E-state index contributed by atoms with van der Waals surface area (Å²) in [5.41, 5.74) is 5.69. The summed E-state index contributed by atoms with van der Waals surface area (Å²) in [7, 11) is 1.39. The van der Waals surface area contributed by atoms with Crippen LogP contribution in [0.15, 0.2) is 35.2 Å². The molecule has 0 N–H and O–H groups in total. The fourth-order valence-corrected chi connectivity index (χ4v) is 3.08. The maximum Gasteiger partial charge on any atom is 0.371 e. The molecular weight excluding hydrogens is 308 g/mol. The molecule has 23 heavy (non-hydrogen) atoms. The van der Waals surface area contributed by atoms with Gasteiger partial charge in [-0.1, -0.05) is 18.2 Å². The highest BCUT2D eigenvalue weighted by atomic mass is 32.2. The molecule has 0 radical (unpaired) electrons. The third-order valence-electron chi connectivity index (χ3n) is 3.89. The molecule has 0 saturated carbocycles. The van der Waals surface area contributed by atoms with Gasteiger partial charge in [0, 0.05) is 10.5 Å². The Hall–Kier alpha value is -1.94. The van der Waals surface area contributed by atoms with Crippen LogP contribution in [-0.2, 0) is 11.3 Å². The molecule has 0 unspecified atom stereocenters. The molecule has 0 aliphatic heterocycles. The number of aryl methyl sites for hydroxylation is 4. The van der Waals surface area contributed by atoms with Crippen molar-refractivity contribution >= 4 is 17.1 Å². The molecule has 4 heteroatoms. The van der Waals surface area contributed by atoms with Gasteiger partial charge in [0.05, 0.1) is 7.11 Å². The maximum absolute atomic E-state index is 11.6. The highest BCUT2D eigenvalue weighted by Crippen LogP contribution is 2.29. The highest BCUT2D eigenvalue weighted by molar-refractivity contribution is 8.13. The fraction of sp³-hybridized carbons (Fsp3) is 0.316. The minimum Gasteiger partial charge on any atom is -0.489 e. The number of benzene rings is 2. The molecule has 0 heterocycles. The maximum atomic E-state index is 11.6. The van der Waals surface area contributed by atoms with Gasteiger partial charge in [0.15, 0.2) is 0 Å². The Morgan fingerprint density at radius 2 is 1.70 bits per heavy atom. The molecule has 0 aliphatic carbocycles. The highest BCUT2D eigenvalue weighted by Gasteiger charge is 2.12. The molecule has 3 nitrogen and oxygen atoms in total. The quantitative estimate of drug-likeness (QED) is 0.558. The molecule has 2 aromatic carbocycles. The molecular formula is C19H22O3S. The van der Waals surface area contributed by atoms with Crippen LogP contribution in [0.25, 0.3) is 0 Å². The summed E-state index contributed by atoms with van der Waals surface area (Å²) in [5, 5.41) is -0.320. The van der Waals surface area contributed by atoms with E-state index in [-0.39, 0.29) is 5.30 Å². The number of hydrogen-bond donors (Lipinski definition) is 0. The van der Waals surface area contributed by atoms with Crippen molar-refractivity contribution in [3.05, 3.63) is 58.1 Å². The van der Waals surface area contributed by atoms with Crippen molar-refractivity contribution in [2.24, 2.45) is 0 Å². The van der Waals surface area contributed by atoms with E-state index in [1.165, 1.54) is 18.2 Å². The Morgan fingerprint density at radius 1 is 1.00 bits per heavy atom. The second-order valence-electron chi connectivity index (χ2n) is 5.60. The van der Waals surface area contributed by atoms with Gasteiger partial charge >= 0.3 is 5.30 Å². The summed E-state index contributed by atoms with van der Waals surface area (Å²) >= 11 is 1.09. The predicted octanol–water partition coefficient (Wildman–Crippen LogP) is 5.36.